The summed E-state index contributed by atoms with van der Waals surface area (Å²) in [5.74, 6) is 0. The Morgan fingerprint density at radius 1 is 0.371 bits per heavy atom. The van der Waals surface area contributed by atoms with Gasteiger partial charge in [0.1, 0.15) is 0 Å². The van der Waals surface area contributed by atoms with Crippen molar-refractivity contribution in [3.05, 3.63) is 240 Å². The fourth-order valence-corrected chi connectivity index (χ4v) is 11.5. The van der Waals surface area contributed by atoms with Crippen LogP contribution in [0.15, 0.2) is 224 Å². The average molecular weight is 827 g/mol. The van der Waals surface area contributed by atoms with Crippen molar-refractivity contribution in [3.8, 4) is 42.7 Å². The lowest BCUT2D eigenvalue weighted by Gasteiger charge is -2.11. The number of hydrogen-bond acceptors (Lipinski definition) is 2. The average Bonchev–Trinajstić information content (AvgIpc) is 4.15. The van der Waals surface area contributed by atoms with E-state index in [2.05, 4.69) is 240 Å². The minimum Gasteiger partial charge on any atom is -0.309 e. The van der Waals surface area contributed by atoms with Crippen LogP contribution in [0.5, 0.6) is 0 Å². The molecule has 0 aliphatic rings. The summed E-state index contributed by atoms with van der Waals surface area (Å²) in [5.41, 5.74) is 14.4. The highest BCUT2D eigenvalue weighted by Gasteiger charge is 2.19. The summed E-state index contributed by atoms with van der Waals surface area (Å²) in [6.07, 6.45) is 2.31. The Labute approximate surface area is 368 Å². The maximum absolute atomic E-state index is 2.41. The molecule has 0 atom stereocenters. The number of thiophene rings is 2. The van der Waals surface area contributed by atoms with E-state index in [1.165, 1.54) is 96.5 Å². The van der Waals surface area contributed by atoms with Crippen molar-refractivity contribution in [2.24, 2.45) is 0 Å². The predicted octanol–water partition coefficient (Wildman–Crippen LogP) is 16.6. The normalized spacial score (nSPS) is 12.0. The molecular formula is C58H38N2S2. The number of aromatic nitrogens is 2. The van der Waals surface area contributed by atoms with E-state index in [-0.39, 0.29) is 0 Å². The lowest BCUT2D eigenvalue weighted by Crippen LogP contribution is -1.94. The Bertz CT molecular complexity index is 3320. The second-order valence-electron chi connectivity index (χ2n) is 15.7. The lowest BCUT2D eigenvalue weighted by atomic mass is 10.0. The minimum absolute atomic E-state index is 1.15. The van der Waals surface area contributed by atoms with Crippen LogP contribution in [0.4, 0.5) is 0 Å². The Hall–Kier alpha value is -7.50. The molecule has 12 aromatic rings. The highest BCUT2D eigenvalue weighted by molar-refractivity contribution is 7.24. The van der Waals surface area contributed by atoms with Crippen LogP contribution >= 0.6 is 22.7 Å². The van der Waals surface area contributed by atoms with Crippen LogP contribution < -0.4 is 0 Å². The third-order valence-electron chi connectivity index (χ3n) is 12.0. The van der Waals surface area contributed by atoms with Gasteiger partial charge in [-0.05, 0) is 101 Å². The summed E-state index contributed by atoms with van der Waals surface area (Å²) in [4.78, 5) is 5.03. The van der Waals surface area contributed by atoms with E-state index in [0.29, 0.717) is 0 Å². The molecule has 0 aliphatic heterocycles. The third kappa shape index (κ3) is 6.23. The fourth-order valence-electron chi connectivity index (χ4n) is 9.14. The van der Waals surface area contributed by atoms with E-state index in [1.54, 1.807) is 0 Å². The molecule has 0 saturated carbocycles. The molecule has 0 saturated heterocycles. The van der Waals surface area contributed by atoms with Gasteiger partial charge in [0.25, 0.3) is 0 Å². The monoisotopic (exact) mass is 826 g/mol. The van der Waals surface area contributed by atoms with Gasteiger partial charge in [-0.3, -0.25) is 0 Å². The van der Waals surface area contributed by atoms with E-state index < -0.39 is 0 Å². The largest absolute Gasteiger partial charge is 0.309 e. The van der Waals surface area contributed by atoms with E-state index in [4.69, 9.17) is 0 Å². The van der Waals surface area contributed by atoms with Crippen molar-refractivity contribution >= 4 is 77.9 Å². The molecule has 0 fully saturated rings. The van der Waals surface area contributed by atoms with Crippen molar-refractivity contribution < 1.29 is 0 Å². The zero-order valence-corrected chi connectivity index (χ0v) is 35.3. The second kappa shape index (κ2) is 15.2. The van der Waals surface area contributed by atoms with E-state index in [1.807, 2.05) is 22.7 Å². The molecule has 2 nitrogen and oxygen atoms in total. The lowest BCUT2D eigenvalue weighted by molar-refractivity contribution is 1.18. The summed E-state index contributed by atoms with van der Waals surface area (Å²) in [5, 5.41) is 5.08. The highest BCUT2D eigenvalue weighted by Crippen LogP contribution is 2.47. The van der Waals surface area contributed by atoms with Gasteiger partial charge in [0.15, 0.2) is 0 Å². The third-order valence-corrected chi connectivity index (χ3v) is 14.5. The first-order valence-electron chi connectivity index (χ1n) is 21.0. The van der Waals surface area contributed by atoms with Crippen LogP contribution in [-0.4, -0.2) is 9.13 Å². The van der Waals surface area contributed by atoms with Gasteiger partial charge in [-0.25, -0.2) is 0 Å². The summed E-state index contributed by atoms with van der Waals surface area (Å²) in [6, 6.07) is 81.6. The first-order valence-corrected chi connectivity index (χ1v) is 22.6. The van der Waals surface area contributed by atoms with Crippen molar-refractivity contribution in [2.45, 2.75) is 0 Å². The number of fused-ring (bicyclic) bond motifs is 6. The molecule has 0 spiro atoms. The topological polar surface area (TPSA) is 9.86 Å². The molecule has 0 N–H and O–H groups in total. The molecule has 0 unspecified atom stereocenters. The first-order chi connectivity index (χ1) is 30.7. The van der Waals surface area contributed by atoms with Crippen molar-refractivity contribution in [1.29, 1.82) is 0 Å². The molecule has 62 heavy (non-hydrogen) atoms. The van der Waals surface area contributed by atoms with E-state index in [9.17, 15) is 0 Å². The first kappa shape index (κ1) is 36.4. The smallest absolute Gasteiger partial charge is 0.0541 e. The van der Waals surface area contributed by atoms with Gasteiger partial charge in [-0.2, -0.15) is 0 Å². The number of para-hydroxylation sites is 4. The quantitative estimate of drug-likeness (QED) is 0.135. The van der Waals surface area contributed by atoms with Crippen LogP contribution in [0.25, 0.3) is 98.0 Å². The molecule has 0 radical (unpaired) electrons. The Morgan fingerprint density at radius 3 is 1.34 bits per heavy atom. The van der Waals surface area contributed by atoms with Gasteiger partial charge in [0, 0.05) is 58.0 Å². The SMILES string of the molecule is C(=C(/c1ccccc1)c1ccc(-c2cc(-c3ccc(-n4c5ccccc5c5ccccc54)cc3)c(-c3ccc(-n4c5ccccc5c5ccccc54)cc3)s2)s1)/c1ccccc1. The fraction of sp³-hybridized carbons (Fsp3) is 0. The second-order valence-corrected chi connectivity index (χ2v) is 17.8. The Balaban J connectivity index is 0.982. The highest BCUT2D eigenvalue weighted by atomic mass is 32.1. The van der Waals surface area contributed by atoms with Gasteiger partial charge in [-0.15, -0.1) is 22.7 Å². The predicted molar refractivity (Wildman–Crippen MR) is 267 cm³/mol. The zero-order chi connectivity index (χ0) is 41.0. The van der Waals surface area contributed by atoms with Gasteiger partial charge in [-0.1, -0.05) is 158 Å². The van der Waals surface area contributed by atoms with Crippen molar-refractivity contribution in [2.75, 3.05) is 0 Å². The molecule has 4 aromatic heterocycles. The molecule has 4 heterocycles. The molecule has 4 heteroatoms. The van der Waals surface area contributed by atoms with Crippen molar-refractivity contribution in [3.63, 3.8) is 0 Å². The summed E-state index contributed by atoms with van der Waals surface area (Å²) in [6.45, 7) is 0. The minimum atomic E-state index is 1.15. The molecule has 0 amide bonds. The van der Waals surface area contributed by atoms with Gasteiger partial charge >= 0.3 is 0 Å². The molecule has 0 bridgehead atoms. The van der Waals surface area contributed by atoms with Crippen LogP contribution in [-0.2, 0) is 0 Å². The van der Waals surface area contributed by atoms with E-state index in [0.717, 1.165) is 11.4 Å². The van der Waals surface area contributed by atoms with Crippen LogP contribution in [0, 0.1) is 0 Å². The summed E-state index contributed by atoms with van der Waals surface area (Å²) in [7, 11) is 0. The molecule has 292 valence electrons. The summed E-state index contributed by atoms with van der Waals surface area (Å²) < 4.78 is 4.78. The molecule has 0 aliphatic carbocycles. The Morgan fingerprint density at radius 2 is 0.823 bits per heavy atom. The van der Waals surface area contributed by atoms with Gasteiger partial charge < -0.3 is 9.13 Å². The zero-order valence-electron chi connectivity index (χ0n) is 33.7. The number of rotatable bonds is 8. The maximum Gasteiger partial charge on any atom is 0.0541 e. The number of benzene rings is 8. The number of hydrogen-bond donors (Lipinski definition) is 0. The number of nitrogens with zero attached hydrogens (tertiary/aromatic N) is 2. The summed E-state index contributed by atoms with van der Waals surface area (Å²) >= 11 is 3.74. The van der Waals surface area contributed by atoms with Crippen molar-refractivity contribution in [1.82, 2.24) is 9.13 Å². The maximum atomic E-state index is 2.41. The molecular weight excluding hydrogens is 789 g/mol. The van der Waals surface area contributed by atoms with Crippen LogP contribution in [0.1, 0.15) is 16.0 Å². The molecule has 12 rings (SSSR count). The molecule has 8 aromatic carbocycles. The van der Waals surface area contributed by atoms with Gasteiger partial charge in [0.05, 0.1) is 22.1 Å². The standard InChI is InChI=1S/C58H38N2S2/c1-3-15-39(16-4-1)37-49(40-17-5-2-6-18-40)55-35-36-56(61-55)57-38-50(41-27-31-43(32-28-41)59-51-23-11-7-19-45(51)46-20-8-12-24-52(46)59)58(62-57)42-29-33-44(34-30-42)60-53-25-13-9-21-47(53)48-22-10-14-26-54(48)60/h1-38H/b49-37+. The van der Waals surface area contributed by atoms with Crippen LogP contribution in [0.2, 0.25) is 0 Å². The van der Waals surface area contributed by atoms with Crippen LogP contribution in [0.3, 0.4) is 0 Å². The Kier molecular flexibility index (Phi) is 8.91. The van der Waals surface area contributed by atoms with E-state index >= 15 is 0 Å². The van der Waals surface area contributed by atoms with Gasteiger partial charge in [0.2, 0.25) is 0 Å².